The SMILES string of the molecule is CC1CC2CC(C)(CC(=O)N3CCCC3C#N)CC(OCCO)(C1)C2. The van der Waals surface area contributed by atoms with E-state index in [1.54, 1.807) is 4.90 Å². The van der Waals surface area contributed by atoms with Gasteiger partial charge in [-0.05, 0) is 62.2 Å². The number of aliphatic hydroxyl groups excluding tert-OH is 1. The van der Waals surface area contributed by atoms with Crippen LogP contribution in [0.2, 0.25) is 0 Å². The third-order valence-electron chi connectivity index (χ3n) is 6.45. The fourth-order valence-corrected chi connectivity index (χ4v) is 6.06. The molecular weight excluding hydrogens is 316 g/mol. The zero-order valence-corrected chi connectivity index (χ0v) is 15.7. The highest BCUT2D eigenvalue weighted by Gasteiger charge is 2.51. The van der Waals surface area contributed by atoms with Gasteiger partial charge in [-0.15, -0.1) is 0 Å². The molecule has 0 aromatic carbocycles. The number of carbonyl (C=O) groups is 1. The smallest absolute Gasteiger partial charge is 0.224 e. The van der Waals surface area contributed by atoms with Crippen molar-refractivity contribution in [3.05, 3.63) is 0 Å². The largest absolute Gasteiger partial charge is 0.394 e. The van der Waals surface area contributed by atoms with E-state index in [1.807, 2.05) is 0 Å². The first-order chi connectivity index (χ1) is 11.9. The number of carbonyl (C=O) groups excluding carboxylic acids is 1. The van der Waals surface area contributed by atoms with Gasteiger partial charge in [0.2, 0.25) is 5.91 Å². The Morgan fingerprint density at radius 2 is 2.20 bits per heavy atom. The Kier molecular flexibility index (Phi) is 5.41. The average molecular weight is 348 g/mol. The first-order valence-corrected chi connectivity index (χ1v) is 9.83. The van der Waals surface area contributed by atoms with Crippen molar-refractivity contribution < 1.29 is 14.6 Å². The van der Waals surface area contributed by atoms with Gasteiger partial charge in [-0.25, -0.2) is 0 Å². The topological polar surface area (TPSA) is 73.6 Å². The monoisotopic (exact) mass is 348 g/mol. The lowest BCUT2D eigenvalue weighted by Gasteiger charge is -2.54. The minimum Gasteiger partial charge on any atom is -0.394 e. The van der Waals surface area contributed by atoms with E-state index in [4.69, 9.17) is 4.74 Å². The van der Waals surface area contributed by atoms with Crippen LogP contribution in [0.25, 0.3) is 0 Å². The summed E-state index contributed by atoms with van der Waals surface area (Å²) >= 11 is 0. The zero-order chi connectivity index (χ0) is 18.1. The van der Waals surface area contributed by atoms with E-state index in [9.17, 15) is 15.2 Å². The van der Waals surface area contributed by atoms with Gasteiger partial charge in [-0.2, -0.15) is 5.26 Å². The van der Waals surface area contributed by atoms with Crippen molar-refractivity contribution in [2.24, 2.45) is 17.3 Å². The molecule has 3 fully saturated rings. The van der Waals surface area contributed by atoms with Crippen LogP contribution in [-0.2, 0) is 9.53 Å². The van der Waals surface area contributed by atoms with Crippen molar-refractivity contribution in [3.63, 3.8) is 0 Å². The van der Waals surface area contributed by atoms with Gasteiger partial charge in [0.15, 0.2) is 0 Å². The van der Waals surface area contributed by atoms with E-state index < -0.39 is 0 Å². The first kappa shape index (κ1) is 18.7. The van der Waals surface area contributed by atoms with E-state index in [-0.39, 0.29) is 29.6 Å². The van der Waals surface area contributed by atoms with Crippen LogP contribution in [0.1, 0.15) is 65.2 Å². The second-order valence-electron chi connectivity index (χ2n) is 9.11. The summed E-state index contributed by atoms with van der Waals surface area (Å²) in [6.45, 7) is 5.67. The number of ether oxygens (including phenoxy) is 1. The van der Waals surface area contributed by atoms with Gasteiger partial charge in [-0.1, -0.05) is 13.8 Å². The number of nitrogens with zero attached hydrogens (tertiary/aromatic N) is 2. The molecule has 1 aliphatic heterocycles. The summed E-state index contributed by atoms with van der Waals surface area (Å²) in [6, 6.07) is 2.04. The number of amides is 1. The van der Waals surface area contributed by atoms with Gasteiger partial charge in [0, 0.05) is 13.0 Å². The number of aliphatic hydroxyl groups is 1. The summed E-state index contributed by atoms with van der Waals surface area (Å²) in [5, 5.41) is 18.5. The number of nitriles is 1. The average Bonchev–Trinajstić information content (AvgIpc) is 2.99. The third-order valence-corrected chi connectivity index (χ3v) is 6.45. The van der Waals surface area contributed by atoms with Gasteiger partial charge >= 0.3 is 0 Å². The molecule has 5 unspecified atom stereocenters. The van der Waals surface area contributed by atoms with E-state index >= 15 is 0 Å². The molecule has 5 atom stereocenters. The summed E-state index contributed by atoms with van der Waals surface area (Å²) in [6.07, 6.45) is 7.51. The molecule has 5 nitrogen and oxygen atoms in total. The van der Waals surface area contributed by atoms with E-state index in [2.05, 4.69) is 19.9 Å². The minimum atomic E-state index is -0.237. The van der Waals surface area contributed by atoms with Crippen LogP contribution < -0.4 is 0 Å². The van der Waals surface area contributed by atoms with E-state index in [1.165, 1.54) is 6.42 Å². The molecule has 2 saturated carbocycles. The summed E-state index contributed by atoms with van der Waals surface area (Å²) in [5.41, 5.74) is -0.254. The highest BCUT2D eigenvalue weighted by molar-refractivity contribution is 5.78. The van der Waals surface area contributed by atoms with Gasteiger partial charge in [-0.3, -0.25) is 4.79 Å². The second kappa shape index (κ2) is 7.25. The van der Waals surface area contributed by atoms with E-state index in [0.717, 1.165) is 45.1 Å². The standard InChI is InChI=1S/C20H32N2O3/c1-15-8-16-10-19(2,14-20(9-15,11-16)25-7-6-23)12-18(24)22-5-3-4-17(22)13-21/h15-17,23H,3-12,14H2,1-2H3. The summed E-state index contributed by atoms with van der Waals surface area (Å²) in [7, 11) is 0. The third kappa shape index (κ3) is 4.01. The Bertz CT molecular complexity index is 542. The van der Waals surface area contributed by atoms with Crippen molar-refractivity contribution >= 4 is 5.91 Å². The molecule has 1 amide bonds. The summed E-state index contributed by atoms with van der Waals surface area (Å²) < 4.78 is 6.18. The van der Waals surface area contributed by atoms with E-state index in [0.29, 0.717) is 24.9 Å². The van der Waals surface area contributed by atoms with Crippen LogP contribution >= 0.6 is 0 Å². The molecule has 0 aromatic heterocycles. The molecule has 0 spiro atoms. The lowest BCUT2D eigenvalue weighted by atomic mass is 9.56. The van der Waals surface area contributed by atoms with Gasteiger partial charge in [0.05, 0.1) is 24.9 Å². The maximum atomic E-state index is 12.9. The predicted octanol–water partition coefficient (Wildman–Crippen LogP) is 2.88. The number of fused-ring (bicyclic) bond motifs is 2. The van der Waals surface area contributed by atoms with Crippen LogP contribution in [0.5, 0.6) is 0 Å². The Morgan fingerprint density at radius 1 is 1.40 bits per heavy atom. The van der Waals surface area contributed by atoms with Gasteiger partial charge in [0.1, 0.15) is 6.04 Å². The van der Waals surface area contributed by atoms with Crippen LogP contribution in [0, 0.1) is 28.6 Å². The van der Waals surface area contributed by atoms with Gasteiger partial charge < -0.3 is 14.7 Å². The Labute approximate surface area is 151 Å². The molecule has 0 aromatic rings. The Balaban J connectivity index is 1.72. The van der Waals surface area contributed by atoms with Crippen molar-refractivity contribution in [2.45, 2.75) is 76.9 Å². The van der Waals surface area contributed by atoms with Crippen molar-refractivity contribution in [1.29, 1.82) is 5.26 Å². The number of hydrogen-bond acceptors (Lipinski definition) is 4. The number of likely N-dealkylation sites (tertiary alicyclic amines) is 1. The molecule has 140 valence electrons. The lowest BCUT2D eigenvalue weighted by molar-refractivity contribution is -0.161. The molecule has 25 heavy (non-hydrogen) atoms. The van der Waals surface area contributed by atoms with Crippen LogP contribution in [0.15, 0.2) is 0 Å². The Morgan fingerprint density at radius 3 is 2.92 bits per heavy atom. The fourth-order valence-electron chi connectivity index (χ4n) is 6.06. The first-order valence-electron chi connectivity index (χ1n) is 9.83. The number of rotatable bonds is 5. The lowest BCUT2D eigenvalue weighted by Crippen LogP contribution is -2.51. The molecule has 3 rings (SSSR count). The molecule has 1 heterocycles. The quantitative estimate of drug-likeness (QED) is 0.829. The highest BCUT2D eigenvalue weighted by Crippen LogP contribution is 2.55. The molecule has 1 N–H and O–H groups in total. The van der Waals surface area contributed by atoms with Gasteiger partial charge in [0.25, 0.3) is 0 Å². The van der Waals surface area contributed by atoms with Crippen LogP contribution in [-0.4, -0.2) is 47.3 Å². The molecule has 2 aliphatic carbocycles. The zero-order valence-electron chi connectivity index (χ0n) is 15.7. The van der Waals surface area contributed by atoms with Crippen LogP contribution in [0.3, 0.4) is 0 Å². The molecule has 2 bridgehead atoms. The number of hydrogen-bond donors (Lipinski definition) is 1. The maximum absolute atomic E-state index is 12.9. The van der Waals surface area contributed by atoms with Crippen molar-refractivity contribution in [2.75, 3.05) is 19.8 Å². The fraction of sp³-hybridized carbons (Fsp3) is 0.900. The Hall–Kier alpha value is -1.12. The minimum absolute atomic E-state index is 0.0497. The van der Waals surface area contributed by atoms with Crippen LogP contribution in [0.4, 0.5) is 0 Å². The molecule has 0 radical (unpaired) electrons. The molecule has 1 saturated heterocycles. The second-order valence-corrected chi connectivity index (χ2v) is 9.11. The summed E-state index contributed by atoms with van der Waals surface area (Å²) in [4.78, 5) is 14.7. The van der Waals surface area contributed by atoms with Crippen molar-refractivity contribution in [1.82, 2.24) is 4.90 Å². The van der Waals surface area contributed by atoms with Crippen molar-refractivity contribution in [3.8, 4) is 6.07 Å². The summed E-state index contributed by atoms with van der Waals surface area (Å²) in [5.74, 6) is 1.37. The molecular formula is C20H32N2O3. The molecule has 3 aliphatic rings. The predicted molar refractivity (Wildman–Crippen MR) is 94.6 cm³/mol. The molecule has 5 heteroatoms. The highest BCUT2D eigenvalue weighted by atomic mass is 16.5. The maximum Gasteiger partial charge on any atom is 0.224 e. The normalized spacial score (nSPS) is 40.7.